The average molecular weight is 251 g/mol. The maximum atomic E-state index is 11.5. The molecule has 98 valence electrons. The molecule has 0 heterocycles. The first-order chi connectivity index (χ1) is 8.27. The maximum Gasteiger partial charge on any atom is 0.338 e. The van der Waals surface area contributed by atoms with E-state index in [0.29, 0.717) is 5.56 Å². The van der Waals surface area contributed by atoms with Gasteiger partial charge in [-0.05, 0) is 18.4 Å². The molecule has 0 aliphatic heterocycles. The Bertz CT molecular complexity index is 474. The summed E-state index contributed by atoms with van der Waals surface area (Å²) in [7, 11) is 0. The SMILES string of the molecule is CCOC(=O)c1ccc(C(C)(C)C)c([N+](=O)[O-])c1. The molecule has 0 amide bonds. The van der Waals surface area contributed by atoms with Crippen molar-refractivity contribution in [2.45, 2.75) is 33.1 Å². The molecule has 0 saturated carbocycles. The molecule has 18 heavy (non-hydrogen) atoms. The molecule has 0 atom stereocenters. The van der Waals surface area contributed by atoms with E-state index in [1.807, 2.05) is 20.8 Å². The Hall–Kier alpha value is -1.91. The van der Waals surface area contributed by atoms with Crippen molar-refractivity contribution >= 4 is 11.7 Å². The van der Waals surface area contributed by atoms with Gasteiger partial charge in [-0.3, -0.25) is 10.1 Å². The summed E-state index contributed by atoms with van der Waals surface area (Å²) in [4.78, 5) is 22.1. The van der Waals surface area contributed by atoms with Crippen LogP contribution in [0.1, 0.15) is 43.6 Å². The second-order valence-electron chi connectivity index (χ2n) is 4.96. The first-order valence-electron chi connectivity index (χ1n) is 5.73. The minimum atomic E-state index is -0.541. The van der Waals surface area contributed by atoms with Gasteiger partial charge in [-0.1, -0.05) is 26.8 Å². The highest BCUT2D eigenvalue weighted by Crippen LogP contribution is 2.31. The molecule has 0 unspecified atom stereocenters. The predicted octanol–water partition coefficient (Wildman–Crippen LogP) is 3.07. The van der Waals surface area contributed by atoms with Crippen LogP contribution in [0.4, 0.5) is 5.69 Å². The summed E-state index contributed by atoms with van der Waals surface area (Å²) in [5.74, 6) is -0.541. The fraction of sp³-hybridized carbons (Fsp3) is 0.462. The van der Waals surface area contributed by atoms with Crippen LogP contribution in [0.15, 0.2) is 18.2 Å². The summed E-state index contributed by atoms with van der Waals surface area (Å²) in [6.07, 6.45) is 0. The molecular formula is C13H17NO4. The number of nitrogens with zero attached hydrogens (tertiary/aromatic N) is 1. The van der Waals surface area contributed by atoms with Crippen LogP contribution in [-0.2, 0) is 10.2 Å². The van der Waals surface area contributed by atoms with Crippen molar-refractivity contribution in [1.82, 2.24) is 0 Å². The van der Waals surface area contributed by atoms with E-state index in [0.717, 1.165) is 0 Å². The lowest BCUT2D eigenvalue weighted by Gasteiger charge is -2.19. The van der Waals surface area contributed by atoms with Gasteiger partial charge in [-0.25, -0.2) is 4.79 Å². The molecule has 0 radical (unpaired) electrons. The molecule has 0 saturated heterocycles. The molecule has 0 aliphatic carbocycles. The van der Waals surface area contributed by atoms with Gasteiger partial charge in [0.15, 0.2) is 0 Å². The third kappa shape index (κ3) is 3.06. The average Bonchev–Trinajstić information content (AvgIpc) is 2.27. The van der Waals surface area contributed by atoms with Gasteiger partial charge in [0, 0.05) is 11.6 Å². The number of carbonyl (C=O) groups excluding carboxylic acids is 1. The van der Waals surface area contributed by atoms with E-state index in [4.69, 9.17) is 4.74 Å². The third-order valence-electron chi connectivity index (χ3n) is 2.51. The van der Waals surface area contributed by atoms with Gasteiger partial charge in [-0.2, -0.15) is 0 Å². The van der Waals surface area contributed by atoms with E-state index < -0.39 is 10.9 Å². The van der Waals surface area contributed by atoms with Crippen LogP contribution in [0, 0.1) is 10.1 Å². The summed E-state index contributed by atoms with van der Waals surface area (Å²) in [6, 6.07) is 4.45. The molecule has 1 aromatic carbocycles. The lowest BCUT2D eigenvalue weighted by molar-refractivity contribution is -0.386. The number of hydrogen-bond acceptors (Lipinski definition) is 4. The van der Waals surface area contributed by atoms with Gasteiger partial charge in [0.2, 0.25) is 0 Å². The third-order valence-corrected chi connectivity index (χ3v) is 2.51. The molecule has 0 spiro atoms. The molecule has 1 aromatic rings. The number of benzene rings is 1. The number of esters is 1. The van der Waals surface area contributed by atoms with Crippen molar-refractivity contribution in [2.24, 2.45) is 0 Å². The summed E-state index contributed by atoms with van der Waals surface area (Å²) in [5, 5.41) is 11.1. The van der Waals surface area contributed by atoms with Gasteiger partial charge in [0.25, 0.3) is 5.69 Å². The molecule has 0 aliphatic rings. The van der Waals surface area contributed by atoms with Crippen molar-refractivity contribution in [3.63, 3.8) is 0 Å². The van der Waals surface area contributed by atoms with Crippen molar-refractivity contribution in [2.75, 3.05) is 6.61 Å². The van der Waals surface area contributed by atoms with E-state index in [2.05, 4.69) is 0 Å². The standard InChI is InChI=1S/C13H17NO4/c1-5-18-12(15)9-6-7-10(13(2,3)4)11(8-9)14(16)17/h6-8H,5H2,1-4H3. The van der Waals surface area contributed by atoms with Gasteiger partial charge >= 0.3 is 5.97 Å². The molecule has 5 nitrogen and oxygen atoms in total. The number of nitro groups is 1. The Labute approximate surface area is 106 Å². The van der Waals surface area contributed by atoms with Crippen molar-refractivity contribution in [3.05, 3.63) is 39.4 Å². The van der Waals surface area contributed by atoms with Crippen LogP contribution in [-0.4, -0.2) is 17.5 Å². The smallest absolute Gasteiger partial charge is 0.338 e. The van der Waals surface area contributed by atoms with Gasteiger partial charge in [-0.15, -0.1) is 0 Å². The monoisotopic (exact) mass is 251 g/mol. The van der Waals surface area contributed by atoms with Crippen LogP contribution in [0.5, 0.6) is 0 Å². The fourth-order valence-corrected chi connectivity index (χ4v) is 1.66. The highest BCUT2D eigenvalue weighted by atomic mass is 16.6. The molecule has 0 bridgehead atoms. The Morgan fingerprint density at radius 1 is 1.39 bits per heavy atom. The zero-order valence-corrected chi connectivity index (χ0v) is 11.0. The molecule has 0 fully saturated rings. The van der Waals surface area contributed by atoms with Crippen LogP contribution >= 0.6 is 0 Å². The zero-order chi connectivity index (χ0) is 13.9. The number of carbonyl (C=O) groups is 1. The Morgan fingerprint density at radius 2 is 2.00 bits per heavy atom. The quantitative estimate of drug-likeness (QED) is 0.470. The predicted molar refractivity (Wildman–Crippen MR) is 67.8 cm³/mol. The van der Waals surface area contributed by atoms with Gasteiger partial charge in [0.1, 0.15) is 0 Å². The molecule has 0 N–H and O–H groups in total. The number of rotatable bonds is 3. The van der Waals surface area contributed by atoms with Crippen LogP contribution in [0.2, 0.25) is 0 Å². The Balaban J connectivity index is 3.28. The Kier molecular flexibility index (Phi) is 4.06. The second kappa shape index (κ2) is 5.16. The van der Waals surface area contributed by atoms with Gasteiger partial charge < -0.3 is 4.74 Å². The molecule has 0 aromatic heterocycles. The number of ether oxygens (including phenoxy) is 1. The first-order valence-corrected chi connectivity index (χ1v) is 5.73. The summed E-state index contributed by atoms with van der Waals surface area (Å²) < 4.78 is 4.83. The van der Waals surface area contributed by atoms with E-state index in [-0.39, 0.29) is 23.3 Å². The fourth-order valence-electron chi connectivity index (χ4n) is 1.66. The summed E-state index contributed by atoms with van der Waals surface area (Å²) >= 11 is 0. The lowest BCUT2D eigenvalue weighted by atomic mass is 9.85. The number of nitro benzene ring substituents is 1. The van der Waals surface area contributed by atoms with Gasteiger partial charge in [0.05, 0.1) is 17.1 Å². The van der Waals surface area contributed by atoms with E-state index >= 15 is 0 Å². The molecule has 5 heteroatoms. The lowest BCUT2D eigenvalue weighted by Crippen LogP contribution is -2.15. The first kappa shape index (κ1) is 14.2. The second-order valence-corrected chi connectivity index (χ2v) is 4.96. The topological polar surface area (TPSA) is 69.4 Å². The normalized spacial score (nSPS) is 11.1. The van der Waals surface area contributed by atoms with Crippen LogP contribution in [0.25, 0.3) is 0 Å². The van der Waals surface area contributed by atoms with Crippen LogP contribution < -0.4 is 0 Å². The van der Waals surface area contributed by atoms with Crippen molar-refractivity contribution in [1.29, 1.82) is 0 Å². The van der Waals surface area contributed by atoms with E-state index in [1.54, 1.807) is 19.1 Å². The highest BCUT2D eigenvalue weighted by molar-refractivity contribution is 5.90. The minimum Gasteiger partial charge on any atom is -0.462 e. The summed E-state index contributed by atoms with van der Waals surface area (Å²) in [6.45, 7) is 7.60. The Morgan fingerprint density at radius 3 is 2.44 bits per heavy atom. The van der Waals surface area contributed by atoms with E-state index in [1.165, 1.54) is 6.07 Å². The van der Waals surface area contributed by atoms with E-state index in [9.17, 15) is 14.9 Å². The zero-order valence-electron chi connectivity index (χ0n) is 11.0. The highest BCUT2D eigenvalue weighted by Gasteiger charge is 2.26. The minimum absolute atomic E-state index is 0.0481. The summed E-state index contributed by atoms with van der Waals surface area (Å²) in [5.41, 5.74) is 0.403. The number of hydrogen-bond donors (Lipinski definition) is 0. The maximum absolute atomic E-state index is 11.5. The van der Waals surface area contributed by atoms with Crippen LogP contribution in [0.3, 0.4) is 0 Å². The molecule has 1 rings (SSSR count). The van der Waals surface area contributed by atoms with Crippen molar-refractivity contribution < 1.29 is 14.5 Å². The largest absolute Gasteiger partial charge is 0.462 e. The molecular weight excluding hydrogens is 234 g/mol. The van der Waals surface area contributed by atoms with Crippen molar-refractivity contribution in [3.8, 4) is 0 Å².